The SMILES string of the molecule is CCOc1ccccc1OCC(=O)N/N=C/c1cccc(OC(=O)c2cccs2)c1. The summed E-state index contributed by atoms with van der Waals surface area (Å²) in [7, 11) is 0. The molecule has 0 aliphatic carbocycles. The van der Waals surface area contributed by atoms with Crippen LogP contribution in [0.1, 0.15) is 22.2 Å². The molecule has 30 heavy (non-hydrogen) atoms. The Labute approximate surface area is 177 Å². The number of nitrogens with zero attached hydrogens (tertiary/aromatic N) is 1. The molecule has 0 atom stereocenters. The van der Waals surface area contributed by atoms with Crippen molar-refractivity contribution in [1.29, 1.82) is 0 Å². The molecule has 1 N–H and O–H groups in total. The molecule has 1 amide bonds. The Balaban J connectivity index is 1.50. The summed E-state index contributed by atoms with van der Waals surface area (Å²) in [6.45, 7) is 2.16. The van der Waals surface area contributed by atoms with Crippen LogP contribution >= 0.6 is 11.3 Å². The zero-order valence-corrected chi connectivity index (χ0v) is 17.1. The number of hydrazone groups is 1. The molecule has 0 fully saturated rings. The van der Waals surface area contributed by atoms with Gasteiger partial charge in [-0.2, -0.15) is 5.10 Å². The Bertz CT molecular complexity index is 1020. The van der Waals surface area contributed by atoms with Gasteiger partial charge in [0.05, 0.1) is 12.8 Å². The van der Waals surface area contributed by atoms with Crippen LogP contribution in [-0.4, -0.2) is 31.3 Å². The van der Waals surface area contributed by atoms with Crippen molar-refractivity contribution in [2.75, 3.05) is 13.2 Å². The van der Waals surface area contributed by atoms with E-state index in [0.29, 0.717) is 34.3 Å². The summed E-state index contributed by atoms with van der Waals surface area (Å²) in [4.78, 5) is 24.5. The molecule has 2 aromatic carbocycles. The lowest BCUT2D eigenvalue weighted by Crippen LogP contribution is -2.24. The van der Waals surface area contributed by atoms with Gasteiger partial charge in [-0.1, -0.05) is 30.3 Å². The summed E-state index contributed by atoms with van der Waals surface area (Å²) in [5.74, 6) is 0.609. The Morgan fingerprint density at radius 3 is 2.57 bits per heavy atom. The van der Waals surface area contributed by atoms with E-state index in [2.05, 4.69) is 10.5 Å². The quantitative estimate of drug-likeness (QED) is 0.244. The van der Waals surface area contributed by atoms with Crippen LogP contribution < -0.4 is 19.6 Å². The number of carbonyl (C=O) groups is 2. The van der Waals surface area contributed by atoms with Gasteiger partial charge in [0.25, 0.3) is 5.91 Å². The number of esters is 1. The van der Waals surface area contributed by atoms with E-state index in [1.54, 1.807) is 54.6 Å². The molecule has 7 nitrogen and oxygen atoms in total. The van der Waals surface area contributed by atoms with Gasteiger partial charge < -0.3 is 14.2 Å². The summed E-state index contributed by atoms with van der Waals surface area (Å²) in [6.07, 6.45) is 1.45. The molecule has 0 aliphatic rings. The highest BCUT2D eigenvalue weighted by molar-refractivity contribution is 7.12. The number of benzene rings is 2. The summed E-state index contributed by atoms with van der Waals surface area (Å²) in [6, 6.07) is 17.4. The van der Waals surface area contributed by atoms with E-state index >= 15 is 0 Å². The van der Waals surface area contributed by atoms with Crippen LogP contribution in [0.2, 0.25) is 0 Å². The molecule has 0 saturated heterocycles. The number of ether oxygens (including phenoxy) is 3. The summed E-state index contributed by atoms with van der Waals surface area (Å²) in [5, 5.41) is 5.72. The highest BCUT2D eigenvalue weighted by Crippen LogP contribution is 2.26. The molecule has 1 heterocycles. The normalized spacial score (nSPS) is 10.6. The van der Waals surface area contributed by atoms with Gasteiger partial charge in [-0.25, -0.2) is 10.2 Å². The first kappa shape index (κ1) is 21.1. The predicted octanol–water partition coefficient (Wildman–Crippen LogP) is 3.90. The Morgan fingerprint density at radius 1 is 1.03 bits per heavy atom. The van der Waals surface area contributed by atoms with Crippen LogP contribution in [0.25, 0.3) is 0 Å². The first-order valence-corrected chi connectivity index (χ1v) is 10.1. The molecule has 154 valence electrons. The van der Waals surface area contributed by atoms with E-state index in [0.717, 1.165) is 0 Å². The number of nitrogens with one attached hydrogen (secondary N) is 1. The zero-order valence-electron chi connectivity index (χ0n) is 16.2. The Kier molecular flexibility index (Phi) is 7.57. The molecule has 1 aromatic heterocycles. The number of hydrogen-bond acceptors (Lipinski definition) is 7. The molecule has 0 bridgehead atoms. The number of thiophene rings is 1. The third kappa shape index (κ3) is 6.18. The van der Waals surface area contributed by atoms with Crippen molar-refractivity contribution < 1.29 is 23.8 Å². The lowest BCUT2D eigenvalue weighted by atomic mass is 10.2. The van der Waals surface area contributed by atoms with Gasteiger partial charge in [0, 0.05) is 0 Å². The lowest BCUT2D eigenvalue weighted by molar-refractivity contribution is -0.123. The number of rotatable bonds is 9. The first-order valence-electron chi connectivity index (χ1n) is 9.18. The van der Waals surface area contributed by atoms with Gasteiger partial charge in [0.1, 0.15) is 10.6 Å². The van der Waals surface area contributed by atoms with Gasteiger partial charge >= 0.3 is 5.97 Å². The maximum atomic E-state index is 12.0. The van der Waals surface area contributed by atoms with Crippen molar-refractivity contribution in [3.63, 3.8) is 0 Å². The topological polar surface area (TPSA) is 86.2 Å². The molecule has 3 rings (SSSR count). The van der Waals surface area contributed by atoms with Crippen molar-refractivity contribution >= 4 is 29.4 Å². The van der Waals surface area contributed by atoms with Crippen molar-refractivity contribution in [3.05, 3.63) is 76.5 Å². The van der Waals surface area contributed by atoms with Crippen LogP contribution in [0.4, 0.5) is 0 Å². The Morgan fingerprint density at radius 2 is 1.83 bits per heavy atom. The standard InChI is InChI=1S/C22H20N2O5S/c1-2-27-18-9-3-4-10-19(18)28-15-21(25)24-23-14-16-7-5-8-17(13-16)29-22(26)20-11-6-12-30-20/h3-14H,2,15H2,1H3,(H,24,25)/b23-14+. The number of amides is 1. The zero-order chi connectivity index (χ0) is 21.2. The van der Waals surface area contributed by atoms with Gasteiger partial charge in [-0.3, -0.25) is 4.79 Å². The average molecular weight is 424 g/mol. The van der Waals surface area contributed by atoms with Gasteiger partial charge in [-0.05, 0) is 48.2 Å². The second-order valence-corrected chi connectivity index (χ2v) is 6.85. The lowest BCUT2D eigenvalue weighted by Gasteiger charge is -2.10. The van der Waals surface area contributed by atoms with Crippen LogP contribution in [0, 0.1) is 0 Å². The number of para-hydroxylation sites is 2. The van der Waals surface area contributed by atoms with Gasteiger partial charge in [0.2, 0.25) is 0 Å². The van der Waals surface area contributed by atoms with Gasteiger partial charge in [-0.15, -0.1) is 11.3 Å². The maximum absolute atomic E-state index is 12.0. The second-order valence-electron chi connectivity index (χ2n) is 5.90. The number of hydrogen-bond donors (Lipinski definition) is 1. The van der Waals surface area contributed by atoms with E-state index in [1.807, 2.05) is 18.4 Å². The van der Waals surface area contributed by atoms with Crippen LogP contribution in [0.5, 0.6) is 17.2 Å². The Hall–Kier alpha value is -3.65. The molecule has 3 aromatic rings. The van der Waals surface area contributed by atoms with E-state index in [4.69, 9.17) is 14.2 Å². The maximum Gasteiger partial charge on any atom is 0.353 e. The molecule has 8 heteroatoms. The van der Waals surface area contributed by atoms with Crippen molar-refractivity contribution in [2.45, 2.75) is 6.92 Å². The summed E-state index contributed by atoms with van der Waals surface area (Å²) < 4.78 is 16.3. The third-order valence-electron chi connectivity index (χ3n) is 3.70. The van der Waals surface area contributed by atoms with Crippen molar-refractivity contribution in [1.82, 2.24) is 5.43 Å². The van der Waals surface area contributed by atoms with E-state index in [9.17, 15) is 9.59 Å². The summed E-state index contributed by atoms with van der Waals surface area (Å²) in [5.41, 5.74) is 3.06. The number of carbonyl (C=O) groups excluding carboxylic acids is 2. The van der Waals surface area contributed by atoms with E-state index < -0.39 is 11.9 Å². The monoisotopic (exact) mass is 424 g/mol. The summed E-state index contributed by atoms with van der Waals surface area (Å²) >= 11 is 1.31. The highest BCUT2D eigenvalue weighted by Gasteiger charge is 2.09. The fraction of sp³-hybridized carbons (Fsp3) is 0.136. The molecule has 0 unspecified atom stereocenters. The van der Waals surface area contributed by atoms with E-state index in [-0.39, 0.29) is 6.61 Å². The van der Waals surface area contributed by atoms with E-state index in [1.165, 1.54) is 17.6 Å². The smallest absolute Gasteiger partial charge is 0.353 e. The molecule has 0 saturated carbocycles. The third-order valence-corrected chi connectivity index (χ3v) is 4.55. The predicted molar refractivity (Wildman–Crippen MR) is 115 cm³/mol. The largest absolute Gasteiger partial charge is 0.490 e. The molecular weight excluding hydrogens is 404 g/mol. The minimum Gasteiger partial charge on any atom is -0.490 e. The first-order chi connectivity index (χ1) is 14.7. The van der Waals surface area contributed by atoms with Crippen LogP contribution in [-0.2, 0) is 4.79 Å². The average Bonchev–Trinajstić information content (AvgIpc) is 3.29. The molecule has 0 aliphatic heterocycles. The van der Waals surface area contributed by atoms with Gasteiger partial charge in [0.15, 0.2) is 18.1 Å². The van der Waals surface area contributed by atoms with Crippen molar-refractivity contribution in [2.24, 2.45) is 5.10 Å². The van der Waals surface area contributed by atoms with Crippen LogP contribution in [0.15, 0.2) is 71.1 Å². The molecule has 0 spiro atoms. The minimum atomic E-state index is -0.420. The fourth-order valence-corrected chi connectivity index (χ4v) is 3.01. The highest BCUT2D eigenvalue weighted by atomic mass is 32.1. The van der Waals surface area contributed by atoms with Crippen LogP contribution in [0.3, 0.4) is 0 Å². The fourth-order valence-electron chi connectivity index (χ4n) is 2.41. The minimum absolute atomic E-state index is 0.208. The molecular formula is C22H20N2O5S. The van der Waals surface area contributed by atoms with Crippen molar-refractivity contribution in [3.8, 4) is 17.2 Å². The second kappa shape index (κ2) is 10.8. The molecule has 0 radical (unpaired) electrons.